The molecule has 5 nitrogen and oxygen atoms in total. The van der Waals surface area contributed by atoms with Gasteiger partial charge in [0.25, 0.3) is 10.0 Å². The first-order valence-electron chi connectivity index (χ1n) is 9.62. The summed E-state index contributed by atoms with van der Waals surface area (Å²) in [5.41, 5.74) is 3.96. The van der Waals surface area contributed by atoms with Crippen molar-refractivity contribution < 1.29 is 8.42 Å². The number of halogens is 1. The number of hydrogen-bond acceptors (Lipinski definition) is 4. The molecule has 0 aliphatic carbocycles. The van der Waals surface area contributed by atoms with Crippen LogP contribution in [0, 0.1) is 0 Å². The van der Waals surface area contributed by atoms with E-state index in [-0.39, 0.29) is 17.3 Å². The van der Waals surface area contributed by atoms with Gasteiger partial charge in [-0.3, -0.25) is 4.72 Å². The molecule has 0 saturated carbocycles. The topological polar surface area (TPSA) is 70.2 Å². The molecule has 1 heterocycles. The number of fused-ring (bicyclic) bond motifs is 1. The van der Waals surface area contributed by atoms with Gasteiger partial charge in [-0.2, -0.15) is 0 Å². The summed E-state index contributed by atoms with van der Waals surface area (Å²) in [6, 6.07) is 13.1. The van der Waals surface area contributed by atoms with Crippen LogP contribution in [0.4, 0.5) is 11.4 Å². The molecular weight excluding hydrogens is 394 g/mol. The van der Waals surface area contributed by atoms with Crippen molar-refractivity contribution in [1.82, 2.24) is 5.32 Å². The van der Waals surface area contributed by atoms with Crippen molar-refractivity contribution in [2.75, 3.05) is 23.1 Å². The Bertz CT molecular complexity index is 883. The SMILES string of the molecule is CCCNCC1Cc2cc(NS(=O)(=O)c3ccc(C(C)C)cc3)ccc2N1.Cl. The standard InChI is InChI=1S/C21H29N3O2S.ClH/c1-4-11-22-14-19-13-17-12-18(7-10-21(17)23-19)24-27(25,26)20-8-5-16(6-9-20)15(2)3;/h5-10,12,15,19,22-24H,4,11,13-14H2,1-3H3;1H. The number of sulfonamides is 1. The van der Waals surface area contributed by atoms with Crippen LogP contribution < -0.4 is 15.4 Å². The Hall–Kier alpha value is -1.76. The van der Waals surface area contributed by atoms with Crippen LogP contribution in [-0.4, -0.2) is 27.5 Å². The lowest BCUT2D eigenvalue weighted by atomic mass is 10.0. The monoisotopic (exact) mass is 423 g/mol. The van der Waals surface area contributed by atoms with Crippen molar-refractivity contribution in [2.45, 2.75) is 50.5 Å². The summed E-state index contributed by atoms with van der Waals surface area (Å²) in [5, 5.41) is 6.92. The number of anilines is 2. The molecule has 1 aliphatic rings. The van der Waals surface area contributed by atoms with Gasteiger partial charge in [-0.05, 0) is 66.8 Å². The number of hydrogen-bond donors (Lipinski definition) is 3. The van der Waals surface area contributed by atoms with Gasteiger partial charge < -0.3 is 10.6 Å². The van der Waals surface area contributed by atoms with Crippen molar-refractivity contribution in [3.8, 4) is 0 Å². The fourth-order valence-electron chi connectivity index (χ4n) is 3.33. The third kappa shape index (κ3) is 5.40. The van der Waals surface area contributed by atoms with Gasteiger partial charge in [0.1, 0.15) is 0 Å². The molecule has 1 unspecified atom stereocenters. The summed E-state index contributed by atoms with van der Waals surface area (Å²) in [4.78, 5) is 0.284. The Balaban J connectivity index is 0.00000280. The Morgan fingerprint density at radius 2 is 1.86 bits per heavy atom. The molecule has 0 amide bonds. The molecule has 0 spiro atoms. The van der Waals surface area contributed by atoms with E-state index in [2.05, 4.69) is 36.1 Å². The first-order valence-corrected chi connectivity index (χ1v) is 11.1. The molecule has 1 aliphatic heterocycles. The minimum absolute atomic E-state index is 0. The highest BCUT2D eigenvalue weighted by Gasteiger charge is 2.21. The highest BCUT2D eigenvalue weighted by atomic mass is 35.5. The Morgan fingerprint density at radius 1 is 1.14 bits per heavy atom. The predicted molar refractivity (Wildman–Crippen MR) is 119 cm³/mol. The van der Waals surface area contributed by atoms with E-state index in [9.17, 15) is 8.42 Å². The van der Waals surface area contributed by atoms with Crippen LogP contribution in [0.2, 0.25) is 0 Å². The highest BCUT2D eigenvalue weighted by Crippen LogP contribution is 2.29. The maximum atomic E-state index is 12.7. The summed E-state index contributed by atoms with van der Waals surface area (Å²) >= 11 is 0. The molecule has 154 valence electrons. The first kappa shape index (κ1) is 22.5. The molecule has 2 aromatic rings. The number of benzene rings is 2. The Morgan fingerprint density at radius 3 is 2.50 bits per heavy atom. The average Bonchev–Trinajstić information content (AvgIpc) is 3.03. The molecule has 2 aromatic carbocycles. The van der Waals surface area contributed by atoms with Crippen molar-refractivity contribution in [3.05, 3.63) is 53.6 Å². The van der Waals surface area contributed by atoms with E-state index < -0.39 is 10.0 Å². The van der Waals surface area contributed by atoms with Crippen LogP contribution in [-0.2, 0) is 16.4 Å². The van der Waals surface area contributed by atoms with Crippen molar-refractivity contribution in [1.29, 1.82) is 0 Å². The van der Waals surface area contributed by atoms with E-state index >= 15 is 0 Å². The van der Waals surface area contributed by atoms with Gasteiger partial charge in [0, 0.05) is 24.0 Å². The predicted octanol–water partition coefficient (Wildman–Crippen LogP) is 4.37. The Kier molecular flexibility index (Phi) is 7.75. The summed E-state index contributed by atoms with van der Waals surface area (Å²) in [6.45, 7) is 8.25. The summed E-state index contributed by atoms with van der Waals surface area (Å²) in [6.07, 6.45) is 2.01. The second-order valence-corrected chi connectivity index (χ2v) is 9.13. The fraction of sp³-hybridized carbons (Fsp3) is 0.429. The largest absolute Gasteiger partial charge is 0.380 e. The maximum Gasteiger partial charge on any atom is 0.261 e. The van der Waals surface area contributed by atoms with Gasteiger partial charge in [0.2, 0.25) is 0 Å². The van der Waals surface area contributed by atoms with Gasteiger partial charge >= 0.3 is 0 Å². The molecule has 0 saturated heterocycles. The van der Waals surface area contributed by atoms with Crippen LogP contribution in [0.5, 0.6) is 0 Å². The molecule has 0 radical (unpaired) electrons. The third-order valence-corrected chi connectivity index (χ3v) is 6.26. The van der Waals surface area contributed by atoms with Gasteiger partial charge in [-0.1, -0.05) is 32.9 Å². The van der Waals surface area contributed by atoms with Crippen molar-refractivity contribution in [3.63, 3.8) is 0 Å². The van der Waals surface area contributed by atoms with Crippen LogP contribution in [0.15, 0.2) is 47.4 Å². The van der Waals surface area contributed by atoms with Gasteiger partial charge in [-0.25, -0.2) is 8.42 Å². The molecule has 3 rings (SSSR count). The van der Waals surface area contributed by atoms with E-state index in [0.717, 1.165) is 42.7 Å². The second kappa shape index (κ2) is 9.63. The number of rotatable bonds is 8. The highest BCUT2D eigenvalue weighted by molar-refractivity contribution is 7.92. The van der Waals surface area contributed by atoms with Crippen molar-refractivity contribution in [2.24, 2.45) is 0 Å². The summed E-state index contributed by atoms with van der Waals surface area (Å²) < 4.78 is 28.1. The van der Waals surface area contributed by atoms with E-state index in [0.29, 0.717) is 17.6 Å². The van der Waals surface area contributed by atoms with E-state index in [1.54, 1.807) is 12.1 Å². The van der Waals surface area contributed by atoms with Crippen LogP contribution in [0.1, 0.15) is 44.2 Å². The lowest BCUT2D eigenvalue weighted by Crippen LogP contribution is -2.31. The second-order valence-electron chi connectivity index (χ2n) is 7.45. The molecular formula is C21H30ClN3O2S. The fourth-order valence-corrected chi connectivity index (χ4v) is 4.38. The molecule has 28 heavy (non-hydrogen) atoms. The first-order chi connectivity index (χ1) is 12.9. The zero-order valence-electron chi connectivity index (χ0n) is 16.7. The molecule has 7 heteroatoms. The average molecular weight is 424 g/mol. The molecule has 3 N–H and O–H groups in total. The number of nitrogens with one attached hydrogen (secondary N) is 3. The normalized spacial score (nSPS) is 15.6. The van der Waals surface area contributed by atoms with Gasteiger partial charge in [0.15, 0.2) is 0 Å². The molecule has 0 bridgehead atoms. The molecule has 0 aromatic heterocycles. The Labute approximate surface area is 174 Å². The van der Waals surface area contributed by atoms with Gasteiger partial charge in [-0.15, -0.1) is 12.4 Å². The van der Waals surface area contributed by atoms with Crippen LogP contribution >= 0.6 is 12.4 Å². The van der Waals surface area contributed by atoms with Crippen molar-refractivity contribution >= 4 is 33.8 Å². The van der Waals surface area contributed by atoms with E-state index in [4.69, 9.17) is 0 Å². The maximum absolute atomic E-state index is 12.7. The van der Waals surface area contributed by atoms with E-state index in [1.807, 2.05) is 30.3 Å². The van der Waals surface area contributed by atoms with Crippen LogP contribution in [0.25, 0.3) is 0 Å². The lowest BCUT2D eigenvalue weighted by Gasteiger charge is -2.11. The molecule has 1 atom stereocenters. The van der Waals surface area contributed by atoms with Crippen LogP contribution in [0.3, 0.4) is 0 Å². The smallest absolute Gasteiger partial charge is 0.261 e. The zero-order valence-corrected chi connectivity index (χ0v) is 18.3. The van der Waals surface area contributed by atoms with Gasteiger partial charge in [0.05, 0.1) is 4.90 Å². The quantitative estimate of drug-likeness (QED) is 0.551. The minimum atomic E-state index is -3.59. The summed E-state index contributed by atoms with van der Waals surface area (Å²) in [7, 11) is -3.59. The minimum Gasteiger partial charge on any atom is -0.380 e. The zero-order chi connectivity index (χ0) is 19.4. The summed E-state index contributed by atoms with van der Waals surface area (Å²) in [5.74, 6) is 0.374. The lowest BCUT2D eigenvalue weighted by molar-refractivity contribution is 0.601. The third-order valence-electron chi connectivity index (χ3n) is 4.86. The van der Waals surface area contributed by atoms with E-state index in [1.165, 1.54) is 0 Å². The molecule has 0 fully saturated rings.